The molecule has 7 nitrogen and oxygen atoms in total. The number of benzene rings is 1. The summed E-state index contributed by atoms with van der Waals surface area (Å²) in [7, 11) is 1.60. The summed E-state index contributed by atoms with van der Waals surface area (Å²) in [4.78, 5) is 16.1. The molecule has 0 unspecified atom stereocenters. The molecule has 136 valence electrons. The summed E-state index contributed by atoms with van der Waals surface area (Å²) in [5.41, 5.74) is 2.75. The van der Waals surface area contributed by atoms with Gasteiger partial charge in [0.05, 0.1) is 24.6 Å². The zero-order valence-corrected chi connectivity index (χ0v) is 15.0. The Morgan fingerprint density at radius 1 is 1.27 bits per heavy atom. The maximum Gasteiger partial charge on any atom is 0.251 e. The van der Waals surface area contributed by atoms with Crippen molar-refractivity contribution < 1.29 is 14.6 Å². The molecule has 0 aliphatic heterocycles. The van der Waals surface area contributed by atoms with Gasteiger partial charge in [0.2, 0.25) is 0 Å². The summed E-state index contributed by atoms with van der Waals surface area (Å²) in [6, 6.07) is 8.97. The fourth-order valence-electron chi connectivity index (χ4n) is 2.59. The summed E-state index contributed by atoms with van der Waals surface area (Å²) in [6.07, 6.45) is 2.66. The first-order chi connectivity index (χ1) is 12.5. The average Bonchev–Trinajstić information content (AvgIpc) is 3.08. The molecule has 0 saturated heterocycles. The van der Waals surface area contributed by atoms with Crippen LogP contribution in [-0.4, -0.2) is 45.5 Å². The third kappa shape index (κ3) is 3.74. The third-order valence-corrected chi connectivity index (χ3v) is 4.00. The Morgan fingerprint density at radius 2 is 2.00 bits per heavy atom. The molecule has 1 amide bonds. The lowest BCUT2D eigenvalue weighted by Crippen LogP contribution is -2.17. The fourth-order valence-corrected chi connectivity index (χ4v) is 2.59. The second-order valence-electron chi connectivity index (χ2n) is 6.26. The van der Waals surface area contributed by atoms with E-state index in [0.29, 0.717) is 16.8 Å². The molecule has 0 aliphatic rings. The van der Waals surface area contributed by atoms with Crippen molar-refractivity contribution in [3.63, 3.8) is 0 Å². The van der Waals surface area contributed by atoms with Crippen LogP contribution < -0.4 is 5.32 Å². The number of amides is 1. The molecule has 7 heteroatoms. The van der Waals surface area contributed by atoms with Crippen molar-refractivity contribution in [3.8, 4) is 5.69 Å². The van der Waals surface area contributed by atoms with Crippen LogP contribution in [0.2, 0.25) is 0 Å². The standard InChI is InChI=1S/C19H22N4O3/c1-12(2)26-11-17(24)14-8-15-10-22-23(18(15)21-9-14)16-6-4-13(5-7-16)19(25)20-3/h4-10,12,17,24H,11H2,1-3H3,(H,20,25)/t17-/m0/s1. The van der Waals surface area contributed by atoms with Gasteiger partial charge < -0.3 is 15.2 Å². The molecule has 0 aliphatic carbocycles. The Bertz CT molecular complexity index is 903. The summed E-state index contributed by atoms with van der Waals surface area (Å²) < 4.78 is 7.15. The quantitative estimate of drug-likeness (QED) is 0.709. The highest BCUT2D eigenvalue weighted by molar-refractivity contribution is 5.94. The van der Waals surface area contributed by atoms with E-state index in [4.69, 9.17) is 4.74 Å². The Labute approximate surface area is 151 Å². The van der Waals surface area contributed by atoms with Crippen molar-refractivity contribution in [1.82, 2.24) is 20.1 Å². The number of rotatable bonds is 6. The number of carbonyl (C=O) groups excluding carboxylic acids is 1. The van der Waals surface area contributed by atoms with Gasteiger partial charge in [0.1, 0.15) is 6.10 Å². The topological polar surface area (TPSA) is 89.3 Å². The van der Waals surface area contributed by atoms with Crippen LogP contribution in [0.1, 0.15) is 35.9 Å². The minimum absolute atomic E-state index is 0.0573. The minimum Gasteiger partial charge on any atom is -0.386 e. The van der Waals surface area contributed by atoms with E-state index in [1.165, 1.54) is 0 Å². The first-order valence-electron chi connectivity index (χ1n) is 8.45. The number of hydrogen-bond acceptors (Lipinski definition) is 5. The molecule has 0 radical (unpaired) electrons. The molecular weight excluding hydrogens is 332 g/mol. The maximum absolute atomic E-state index is 11.6. The van der Waals surface area contributed by atoms with E-state index in [1.807, 2.05) is 32.0 Å². The van der Waals surface area contributed by atoms with E-state index >= 15 is 0 Å². The molecule has 0 spiro atoms. The highest BCUT2D eigenvalue weighted by Crippen LogP contribution is 2.21. The van der Waals surface area contributed by atoms with E-state index in [9.17, 15) is 9.90 Å². The first-order valence-corrected chi connectivity index (χ1v) is 8.45. The summed E-state index contributed by atoms with van der Waals surface area (Å²) in [5.74, 6) is -0.137. The van der Waals surface area contributed by atoms with Crippen LogP contribution in [0, 0.1) is 0 Å². The molecular formula is C19H22N4O3. The molecule has 2 heterocycles. The van der Waals surface area contributed by atoms with Crippen LogP contribution in [-0.2, 0) is 4.74 Å². The number of fused-ring (bicyclic) bond motifs is 1. The Kier molecular flexibility index (Phi) is 5.29. The van der Waals surface area contributed by atoms with Crippen molar-refractivity contribution >= 4 is 16.9 Å². The number of nitrogens with one attached hydrogen (secondary N) is 1. The van der Waals surface area contributed by atoms with Gasteiger partial charge in [-0.2, -0.15) is 5.10 Å². The van der Waals surface area contributed by atoms with Crippen molar-refractivity contribution in [2.45, 2.75) is 26.1 Å². The predicted octanol–water partition coefficient (Wildman–Crippen LogP) is 2.24. The maximum atomic E-state index is 11.6. The number of ether oxygens (including phenoxy) is 1. The second kappa shape index (κ2) is 7.63. The zero-order chi connectivity index (χ0) is 18.7. The van der Waals surface area contributed by atoms with E-state index in [1.54, 1.807) is 36.3 Å². The van der Waals surface area contributed by atoms with Crippen molar-refractivity contribution in [1.29, 1.82) is 0 Å². The van der Waals surface area contributed by atoms with Gasteiger partial charge >= 0.3 is 0 Å². The van der Waals surface area contributed by atoms with Gasteiger partial charge in [0.15, 0.2) is 5.65 Å². The van der Waals surface area contributed by atoms with Gasteiger partial charge in [0, 0.05) is 29.8 Å². The van der Waals surface area contributed by atoms with E-state index in [-0.39, 0.29) is 18.6 Å². The van der Waals surface area contributed by atoms with E-state index in [2.05, 4.69) is 15.4 Å². The number of aliphatic hydroxyl groups excluding tert-OH is 1. The number of pyridine rings is 1. The monoisotopic (exact) mass is 354 g/mol. The molecule has 3 aromatic rings. The smallest absolute Gasteiger partial charge is 0.251 e. The van der Waals surface area contributed by atoms with Crippen LogP contribution in [0.3, 0.4) is 0 Å². The molecule has 0 saturated carbocycles. The summed E-state index contributed by atoms with van der Waals surface area (Å²) >= 11 is 0. The predicted molar refractivity (Wildman–Crippen MR) is 98.3 cm³/mol. The largest absolute Gasteiger partial charge is 0.386 e. The van der Waals surface area contributed by atoms with Crippen LogP contribution in [0.25, 0.3) is 16.7 Å². The number of nitrogens with zero attached hydrogens (tertiary/aromatic N) is 3. The van der Waals surface area contributed by atoms with Crippen molar-refractivity contribution in [3.05, 3.63) is 53.9 Å². The van der Waals surface area contributed by atoms with Crippen LogP contribution in [0.15, 0.2) is 42.7 Å². The molecule has 1 aromatic carbocycles. The lowest BCUT2D eigenvalue weighted by Gasteiger charge is -2.13. The summed E-state index contributed by atoms with van der Waals surface area (Å²) in [6.45, 7) is 4.07. The highest BCUT2D eigenvalue weighted by Gasteiger charge is 2.13. The molecule has 2 N–H and O–H groups in total. The first kappa shape index (κ1) is 18.0. The Morgan fingerprint density at radius 3 is 2.65 bits per heavy atom. The molecule has 3 rings (SSSR count). The molecule has 26 heavy (non-hydrogen) atoms. The van der Waals surface area contributed by atoms with Gasteiger partial charge in [-0.3, -0.25) is 4.79 Å². The van der Waals surface area contributed by atoms with Gasteiger partial charge in [-0.1, -0.05) is 0 Å². The minimum atomic E-state index is -0.732. The highest BCUT2D eigenvalue weighted by atomic mass is 16.5. The van der Waals surface area contributed by atoms with Gasteiger partial charge in [-0.25, -0.2) is 9.67 Å². The molecule has 0 bridgehead atoms. The lowest BCUT2D eigenvalue weighted by molar-refractivity contribution is 0.00486. The average molecular weight is 354 g/mol. The third-order valence-electron chi connectivity index (χ3n) is 4.00. The number of aromatic nitrogens is 3. The molecule has 2 aromatic heterocycles. The second-order valence-corrected chi connectivity index (χ2v) is 6.26. The van der Waals surface area contributed by atoms with E-state index < -0.39 is 6.10 Å². The Balaban J connectivity index is 1.86. The number of aliphatic hydroxyl groups is 1. The van der Waals surface area contributed by atoms with Crippen LogP contribution >= 0.6 is 0 Å². The van der Waals surface area contributed by atoms with Crippen molar-refractivity contribution in [2.24, 2.45) is 0 Å². The fraction of sp³-hybridized carbons (Fsp3) is 0.316. The van der Waals surface area contributed by atoms with Crippen molar-refractivity contribution in [2.75, 3.05) is 13.7 Å². The zero-order valence-electron chi connectivity index (χ0n) is 15.0. The summed E-state index contributed by atoms with van der Waals surface area (Å²) in [5, 5.41) is 18.0. The van der Waals surface area contributed by atoms with Gasteiger partial charge in [-0.05, 0) is 44.2 Å². The molecule has 0 fully saturated rings. The van der Waals surface area contributed by atoms with Crippen LogP contribution in [0.5, 0.6) is 0 Å². The number of carbonyl (C=O) groups is 1. The van der Waals surface area contributed by atoms with E-state index in [0.717, 1.165) is 11.1 Å². The van der Waals surface area contributed by atoms with Crippen LogP contribution in [0.4, 0.5) is 0 Å². The normalized spacial score (nSPS) is 12.5. The van der Waals surface area contributed by atoms with Gasteiger partial charge in [-0.15, -0.1) is 0 Å². The number of hydrogen-bond donors (Lipinski definition) is 2. The van der Waals surface area contributed by atoms with Gasteiger partial charge in [0.25, 0.3) is 5.91 Å². The SMILES string of the molecule is CNC(=O)c1ccc(-n2ncc3cc([C@@H](O)COC(C)C)cnc32)cc1. The lowest BCUT2D eigenvalue weighted by atomic mass is 10.1. The Hall–Kier alpha value is -2.77. The molecule has 1 atom stereocenters.